The Kier molecular flexibility index (Phi) is 5.26. The van der Waals surface area contributed by atoms with Gasteiger partial charge in [-0.25, -0.2) is 8.42 Å². The number of morpholine rings is 1. The predicted octanol–water partition coefficient (Wildman–Crippen LogP) is 3.05. The minimum atomic E-state index is -3.72. The molecule has 0 unspecified atom stereocenters. The minimum Gasteiger partial charge on any atom is -0.377 e. The summed E-state index contributed by atoms with van der Waals surface area (Å²) in [6.07, 6.45) is 0. The standard InChI is InChI=1S/C20H24N2O4S/c1-15-6-4-5-7-18(15)21-27(24,25)17-10-8-16(9-11-17)19(23)22-12-13-26-14-20(22,2)3/h4-11,21H,12-14H2,1-3H3. The number of carbonyl (C=O) groups excluding carboxylic acids is 1. The number of hydrogen-bond acceptors (Lipinski definition) is 4. The fourth-order valence-electron chi connectivity index (χ4n) is 3.06. The number of aryl methyl sites for hydroxylation is 1. The lowest BCUT2D eigenvalue weighted by molar-refractivity contribution is -0.0370. The first-order valence-corrected chi connectivity index (χ1v) is 10.3. The second kappa shape index (κ2) is 7.32. The molecular formula is C20H24N2O4S. The number of sulfonamides is 1. The number of nitrogens with one attached hydrogen (secondary N) is 1. The first-order valence-electron chi connectivity index (χ1n) is 8.79. The summed E-state index contributed by atoms with van der Waals surface area (Å²) in [5, 5.41) is 0. The Morgan fingerprint density at radius 1 is 1.11 bits per heavy atom. The van der Waals surface area contributed by atoms with Crippen molar-refractivity contribution in [1.82, 2.24) is 4.90 Å². The van der Waals surface area contributed by atoms with E-state index in [0.29, 0.717) is 31.0 Å². The van der Waals surface area contributed by atoms with Crippen LogP contribution in [0.3, 0.4) is 0 Å². The van der Waals surface area contributed by atoms with E-state index in [1.165, 1.54) is 12.1 Å². The molecule has 3 rings (SSSR count). The van der Waals surface area contributed by atoms with Gasteiger partial charge in [0.1, 0.15) is 0 Å². The highest BCUT2D eigenvalue weighted by Crippen LogP contribution is 2.23. The summed E-state index contributed by atoms with van der Waals surface area (Å²) in [4.78, 5) is 14.7. The Labute approximate surface area is 160 Å². The maximum absolute atomic E-state index is 12.8. The third kappa shape index (κ3) is 4.14. The second-order valence-corrected chi connectivity index (χ2v) is 8.95. The van der Waals surface area contributed by atoms with Crippen LogP contribution in [0.15, 0.2) is 53.4 Å². The normalized spacial score (nSPS) is 16.8. The molecule has 2 aromatic carbocycles. The number of amides is 1. The number of carbonyl (C=O) groups is 1. The van der Waals surface area contributed by atoms with Gasteiger partial charge < -0.3 is 9.64 Å². The summed E-state index contributed by atoms with van der Waals surface area (Å²) < 4.78 is 33.3. The quantitative estimate of drug-likeness (QED) is 0.873. The highest BCUT2D eigenvalue weighted by Gasteiger charge is 2.34. The molecule has 7 heteroatoms. The van der Waals surface area contributed by atoms with Crippen molar-refractivity contribution in [1.29, 1.82) is 0 Å². The van der Waals surface area contributed by atoms with Crippen LogP contribution < -0.4 is 4.72 Å². The minimum absolute atomic E-state index is 0.114. The average Bonchev–Trinajstić information content (AvgIpc) is 2.63. The lowest BCUT2D eigenvalue weighted by atomic mass is 10.0. The average molecular weight is 388 g/mol. The fourth-order valence-corrected chi connectivity index (χ4v) is 4.19. The molecule has 2 aromatic rings. The molecule has 0 spiro atoms. The van der Waals surface area contributed by atoms with Gasteiger partial charge in [-0.3, -0.25) is 9.52 Å². The van der Waals surface area contributed by atoms with Crippen molar-refractivity contribution < 1.29 is 17.9 Å². The van der Waals surface area contributed by atoms with Crippen LogP contribution in [-0.4, -0.2) is 44.5 Å². The molecule has 0 aromatic heterocycles. The number of nitrogens with zero attached hydrogens (tertiary/aromatic N) is 1. The molecule has 0 aliphatic carbocycles. The maximum Gasteiger partial charge on any atom is 0.261 e. The Hall–Kier alpha value is -2.38. The number of para-hydroxylation sites is 1. The van der Waals surface area contributed by atoms with Gasteiger partial charge in [-0.1, -0.05) is 18.2 Å². The highest BCUT2D eigenvalue weighted by molar-refractivity contribution is 7.92. The summed E-state index contributed by atoms with van der Waals surface area (Å²) in [5.41, 5.74) is 1.43. The zero-order valence-electron chi connectivity index (χ0n) is 15.7. The molecule has 6 nitrogen and oxygen atoms in total. The lowest BCUT2D eigenvalue weighted by Gasteiger charge is -2.42. The first-order chi connectivity index (χ1) is 12.7. The van der Waals surface area contributed by atoms with Crippen LogP contribution in [0.2, 0.25) is 0 Å². The van der Waals surface area contributed by atoms with E-state index < -0.39 is 15.6 Å². The smallest absolute Gasteiger partial charge is 0.261 e. The molecule has 1 heterocycles. The van der Waals surface area contributed by atoms with Gasteiger partial charge in [0.15, 0.2) is 0 Å². The van der Waals surface area contributed by atoms with Gasteiger partial charge in [0.25, 0.3) is 15.9 Å². The van der Waals surface area contributed by atoms with Crippen molar-refractivity contribution in [3.05, 3.63) is 59.7 Å². The molecule has 0 atom stereocenters. The van der Waals surface area contributed by atoms with E-state index in [9.17, 15) is 13.2 Å². The fraction of sp³-hybridized carbons (Fsp3) is 0.350. The Morgan fingerprint density at radius 2 is 1.78 bits per heavy atom. The summed E-state index contributed by atoms with van der Waals surface area (Å²) >= 11 is 0. The molecule has 1 aliphatic rings. The first kappa shape index (κ1) is 19.4. The molecular weight excluding hydrogens is 364 g/mol. The van der Waals surface area contributed by atoms with Crippen molar-refractivity contribution in [2.24, 2.45) is 0 Å². The van der Waals surface area contributed by atoms with Gasteiger partial charge in [0.05, 0.1) is 29.3 Å². The summed E-state index contributed by atoms with van der Waals surface area (Å²) in [6.45, 7) is 7.24. The van der Waals surface area contributed by atoms with E-state index in [0.717, 1.165) is 5.56 Å². The molecule has 0 bridgehead atoms. The Balaban J connectivity index is 1.80. The molecule has 1 fully saturated rings. The van der Waals surface area contributed by atoms with Crippen LogP contribution in [0.1, 0.15) is 29.8 Å². The highest BCUT2D eigenvalue weighted by atomic mass is 32.2. The molecule has 1 aliphatic heterocycles. The van der Waals surface area contributed by atoms with Crippen molar-refractivity contribution >= 4 is 21.6 Å². The van der Waals surface area contributed by atoms with E-state index in [4.69, 9.17) is 4.74 Å². The summed E-state index contributed by atoms with van der Waals surface area (Å²) in [6, 6.07) is 13.2. The van der Waals surface area contributed by atoms with Crippen LogP contribution >= 0.6 is 0 Å². The summed E-state index contributed by atoms with van der Waals surface area (Å²) in [5.74, 6) is -0.126. The Morgan fingerprint density at radius 3 is 2.41 bits per heavy atom. The summed E-state index contributed by atoms with van der Waals surface area (Å²) in [7, 11) is -3.72. The van der Waals surface area contributed by atoms with Gasteiger partial charge in [-0.15, -0.1) is 0 Å². The van der Waals surface area contributed by atoms with E-state index in [-0.39, 0.29) is 10.8 Å². The molecule has 27 heavy (non-hydrogen) atoms. The van der Waals surface area contributed by atoms with Crippen LogP contribution in [-0.2, 0) is 14.8 Å². The van der Waals surface area contributed by atoms with E-state index in [2.05, 4.69) is 4.72 Å². The molecule has 144 valence electrons. The molecule has 1 saturated heterocycles. The van der Waals surface area contributed by atoms with Gasteiger partial charge in [0, 0.05) is 12.1 Å². The Bertz CT molecular complexity index is 937. The van der Waals surface area contributed by atoms with Crippen LogP contribution in [0.25, 0.3) is 0 Å². The van der Waals surface area contributed by atoms with Crippen LogP contribution in [0.5, 0.6) is 0 Å². The molecule has 1 N–H and O–H groups in total. The maximum atomic E-state index is 12.8. The lowest BCUT2D eigenvalue weighted by Crippen LogP contribution is -2.55. The zero-order valence-corrected chi connectivity index (χ0v) is 16.5. The SMILES string of the molecule is Cc1ccccc1NS(=O)(=O)c1ccc(C(=O)N2CCOCC2(C)C)cc1. The molecule has 1 amide bonds. The van der Waals surface area contributed by atoms with Gasteiger partial charge in [-0.05, 0) is 56.7 Å². The van der Waals surface area contributed by atoms with Crippen LogP contribution in [0.4, 0.5) is 5.69 Å². The number of benzene rings is 2. The third-order valence-electron chi connectivity index (χ3n) is 4.69. The zero-order chi connectivity index (χ0) is 19.7. The van der Waals surface area contributed by atoms with Crippen molar-refractivity contribution in [3.63, 3.8) is 0 Å². The van der Waals surface area contributed by atoms with E-state index in [1.807, 2.05) is 32.9 Å². The monoisotopic (exact) mass is 388 g/mol. The van der Waals surface area contributed by atoms with E-state index >= 15 is 0 Å². The molecule has 0 saturated carbocycles. The topological polar surface area (TPSA) is 75.7 Å². The number of ether oxygens (including phenoxy) is 1. The van der Waals surface area contributed by atoms with E-state index in [1.54, 1.807) is 29.2 Å². The number of hydrogen-bond donors (Lipinski definition) is 1. The largest absolute Gasteiger partial charge is 0.377 e. The van der Waals surface area contributed by atoms with Gasteiger partial charge >= 0.3 is 0 Å². The predicted molar refractivity (Wildman–Crippen MR) is 104 cm³/mol. The van der Waals surface area contributed by atoms with Gasteiger partial charge in [-0.2, -0.15) is 0 Å². The second-order valence-electron chi connectivity index (χ2n) is 7.27. The van der Waals surface area contributed by atoms with Crippen LogP contribution in [0, 0.1) is 6.92 Å². The van der Waals surface area contributed by atoms with Gasteiger partial charge in [0.2, 0.25) is 0 Å². The number of rotatable bonds is 4. The van der Waals surface area contributed by atoms with Crippen molar-refractivity contribution in [2.45, 2.75) is 31.2 Å². The third-order valence-corrected chi connectivity index (χ3v) is 6.07. The van der Waals surface area contributed by atoms with Crippen molar-refractivity contribution in [3.8, 4) is 0 Å². The van der Waals surface area contributed by atoms with Crippen molar-refractivity contribution in [2.75, 3.05) is 24.5 Å². The number of anilines is 1. The molecule has 0 radical (unpaired) electrons.